The second kappa shape index (κ2) is 8.06. The molecule has 0 spiro atoms. The zero-order valence-electron chi connectivity index (χ0n) is 13.3. The van der Waals surface area contributed by atoms with Crippen LogP contribution in [0.5, 0.6) is 0 Å². The van der Waals surface area contributed by atoms with Crippen molar-refractivity contribution in [1.82, 2.24) is 10.2 Å². The molecule has 2 unspecified atom stereocenters. The van der Waals surface area contributed by atoms with Gasteiger partial charge in [-0.25, -0.2) is 13.6 Å². The van der Waals surface area contributed by atoms with Crippen LogP contribution in [0.2, 0.25) is 0 Å². The van der Waals surface area contributed by atoms with Crippen LogP contribution in [0.4, 0.5) is 13.6 Å². The summed E-state index contributed by atoms with van der Waals surface area (Å²) in [6.45, 7) is -1.18. The van der Waals surface area contributed by atoms with E-state index in [0.717, 1.165) is 10.5 Å². The number of nitrogens with zero attached hydrogens (tertiary/aromatic N) is 2. The van der Waals surface area contributed by atoms with Gasteiger partial charge in [-0.15, -0.1) is 0 Å². The third kappa shape index (κ3) is 4.65. The first-order valence-electron chi connectivity index (χ1n) is 7.94. The molecule has 2 amide bonds. The molecule has 1 aliphatic rings. The van der Waals surface area contributed by atoms with Gasteiger partial charge in [-0.3, -0.25) is 0 Å². The summed E-state index contributed by atoms with van der Waals surface area (Å²) in [5.41, 5.74) is 0.857. The Morgan fingerprint density at radius 1 is 1.46 bits per heavy atom. The van der Waals surface area contributed by atoms with E-state index in [1.807, 2.05) is 30.3 Å². The molecule has 1 fully saturated rings. The van der Waals surface area contributed by atoms with Crippen molar-refractivity contribution in [1.29, 1.82) is 5.26 Å². The van der Waals surface area contributed by atoms with Gasteiger partial charge in [-0.1, -0.05) is 30.3 Å². The van der Waals surface area contributed by atoms with E-state index in [1.165, 1.54) is 0 Å². The van der Waals surface area contributed by atoms with Crippen molar-refractivity contribution in [3.05, 3.63) is 35.9 Å². The molecule has 2 rings (SSSR count). The van der Waals surface area contributed by atoms with E-state index in [9.17, 15) is 18.7 Å². The first-order valence-corrected chi connectivity index (χ1v) is 7.94. The molecule has 2 N–H and O–H groups in total. The summed E-state index contributed by atoms with van der Waals surface area (Å²) in [5, 5.41) is 20.7. The predicted octanol–water partition coefficient (Wildman–Crippen LogP) is 2.83. The normalized spacial score (nSPS) is 20.4. The number of alkyl halides is 2. The summed E-state index contributed by atoms with van der Waals surface area (Å²) in [6.07, 6.45) is 0.967. The highest BCUT2D eigenvalue weighted by atomic mass is 19.3. The van der Waals surface area contributed by atoms with Crippen LogP contribution in [0.15, 0.2) is 30.3 Å². The first kappa shape index (κ1) is 18.1. The van der Waals surface area contributed by atoms with Crippen LogP contribution in [0.25, 0.3) is 0 Å². The quantitative estimate of drug-likeness (QED) is 0.784. The molecule has 1 aromatic carbocycles. The van der Waals surface area contributed by atoms with E-state index >= 15 is 0 Å². The Morgan fingerprint density at radius 3 is 2.79 bits per heavy atom. The summed E-state index contributed by atoms with van der Waals surface area (Å²) in [4.78, 5) is 13.4. The lowest BCUT2D eigenvalue weighted by Crippen LogP contribution is -2.46. The molecule has 2 atom stereocenters. The van der Waals surface area contributed by atoms with Gasteiger partial charge in [0.1, 0.15) is 0 Å². The molecular weight excluding hydrogens is 316 g/mol. The van der Waals surface area contributed by atoms with Crippen molar-refractivity contribution in [3.63, 3.8) is 0 Å². The second-order valence-corrected chi connectivity index (χ2v) is 5.99. The Balaban J connectivity index is 2.08. The Hall–Kier alpha value is -2.20. The van der Waals surface area contributed by atoms with E-state index in [-0.39, 0.29) is 6.04 Å². The maximum Gasteiger partial charge on any atom is 0.318 e. The minimum atomic E-state index is -2.98. The number of hydrogen-bond donors (Lipinski definition) is 2. The van der Waals surface area contributed by atoms with Gasteiger partial charge in [0, 0.05) is 12.8 Å². The van der Waals surface area contributed by atoms with Crippen LogP contribution < -0.4 is 5.32 Å². The molecule has 130 valence electrons. The number of benzene rings is 1. The van der Waals surface area contributed by atoms with Crippen LogP contribution in [-0.2, 0) is 0 Å². The highest BCUT2D eigenvalue weighted by Gasteiger charge is 2.46. The van der Waals surface area contributed by atoms with E-state index in [4.69, 9.17) is 5.26 Å². The van der Waals surface area contributed by atoms with E-state index in [2.05, 4.69) is 11.4 Å². The number of carbonyl (C=O) groups excluding carboxylic acids is 1. The Bertz CT molecular complexity index is 589. The fraction of sp³-hybridized carbons (Fsp3) is 0.529. The molecule has 0 aromatic heterocycles. The summed E-state index contributed by atoms with van der Waals surface area (Å²) < 4.78 is 27.1. The lowest BCUT2D eigenvalue weighted by atomic mass is 10.0. The molecule has 0 radical (unpaired) electrons. The zero-order valence-corrected chi connectivity index (χ0v) is 13.3. The number of likely N-dealkylation sites (tertiary alicyclic amines) is 1. The third-order valence-electron chi connectivity index (χ3n) is 4.13. The zero-order chi connectivity index (χ0) is 17.6. The molecule has 1 aromatic rings. The number of carbonyl (C=O) groups is 1. The van der Waals surface area contributed by atoms with Gasteiger partial charge in [-0.05, 0) is 18.4 Å². The molecule has 24 heavy (non-hydrogen) atoms. The minimum absolute atomic E-state index is 0.361. The molecule has 0 bridgehead atoms. The number of unbranched alkanes of at least 4 members (excludes halogenated alkanes) is 1. The van der Waals surface area contributed by atoms with Crippen molar-refractivity contribution < 1.29 is 18.7 Å². The van der Waals surface area contributed by atoms with Gasteiger partial charge in [0.05, 0.1) is 31.3 Å². The smallest absolute Gasteiger partial charge is 0.318 e. The molecule has 1 heterocycles. The number of halogens is 2. The van der Waals surface area contributed by atoms with Crippen LogP contribution in [0.1, 0.15) is 37.3 Å². The van der Waals surface area contributed by atoms with Crippen molar-refractivity contribution in [2.75, 3.05) is 13.2 Å². The highest BCUT2D eigenvalue weighted by Crippen LogP contribution is 2.32. The summed E-state index contributed by atoms with van der Waals surface area (Å²) >= 11 is 0. The standard InChI is InChI=1S/C17H21F2N3O2/c18-17(19)10-14(11-23)22(12-17)16(24)21-15(8-4-5-9-20)13-6-2-1-3-7-13/h1-3,6-7,14-15,23H,4-5,8,10-12H2,(H,21,24). The summed E-state index contributed by atoms with van der Waals surface area (Å²) in [7, 11) is 0. The minimum Gasteiger partial charge on any atom is -0.394 e. The van der Waals surface area contributed by atoms with E-state index < -0.39 is 37.6 Å². The fourth-order valence-electron chi connectivity index (χ4n) is 2.92. The van der Waals surface area contributed by atoms with Gasteiger partial charge in [0.25, 0.3) is 5.92 Å². The highest BCUT2D eigenvalue weighted by molar-refractivity contribution is 5.75. The Kier molecular flexibility index (Phi) is 6.10. The summed E-state index contributed by atoms with van der Waals surface area (Å²) in [6, 6.07) is 9.41. The van der Waals surface area contributed by atoms with Crippen molar-refractivity contribution >= 4 is 6.03 Å². The van der Waals surface area contributed by atoms with Crippen molar-refractivity contribution in [2.24, 2.45) is 0 Å². The number of aliphatic hydroxyl groups is 1. The number of rotatable bonds is 6. The third-order valence-corrected chi connectivity index (χ3v) is 4.13. The van der Waals surface area contributed by atoms with E-state index in [1.54, 1.807) is 0 Å². The average molecular weight is 337 g/mol. The predicted molar refractivity (Wildman–Crippen MR) is 84.3 cm³/mol. The van der Waals surface area contributed by atoms with Gasteiger partial charge < -0.3 is 15.3 Å². The number of aliphatic hydroxyl groups excluding tert-OH is 1. The van der Waals surface area contributed by atoms with Gasteiger partial charge in [0.15, 0.2) is 0 Å². The fourth-order valence-corrected chi connectivity index (χ4v) is 2.92. The van der Waals surface area contributed by atoms with Crippen LogP contribution in [0.3, 0.4) is 0 Å². The first-order chi connectivity index (χ1) is 11.5. The van der Waals surface area contributed by atoms with Gasteiger partial charge in [-0.2, -0.15) is 5.26 Å². The second-order valence-electron chi connectivity index (χ2n) is 5.99. The monoisotopic (exact) mass is 337 g/mol. The van der Waals surface area contributed by atoms with Crippen molar-refractivity contribution in [2.45, 2.75) is 43.7 Å². The SMILES string of the molecule is N#CCCCC(NC(=O)N1CC(F)(F)CC1CO)c1ccccc1. The maximum atomic E-state index is 13.5. The molecule has 5 nitrogen and oxygen atoms in total. The molecular formula is C17H21F2N3O2. The molecule has 0 aliphatic carbocycles. The maximum absolute atomic E-state index is 13.5. The van der Waals surface area contributed by atoms with E-state index in [0.29, 0.717) is 19.3 Å². The number of hydrogen-bond acceptors (Lipinski definition) is 3. The topological polar surface area (TPSA) is 76.4 Å². The number of nitrogens with one attached hydrogen (secondary N) is 1. The lowest BCUT2D eigenvalue weighted by molar-refractivity contribution is 0.0140. The molecule has 1 aliphatic heterocycles. The summed E-state index contributed by atoms with van der Waals surface area (Å²) in [5.74, 6) is -2.98. The lowest BCUT2D eigenvalue weighted by Gasteiger charge is -2.26. The van der Waals surface area contributed by atoms with Crippen LogP contribution in [-0.4, -0.2) is 41.2 Å². The Morgan fingerprint density at radius 2 is 2.17 bits per heavy atom. The molecule has 7 heteroatoms. The average Bonchev–Trinajstić information content (AvgIpc) is 2.90. The van der Waals surface area contributed by atoms with Crippen LogP contribution >= 0.6 is 0 Å². The molecule has 0 saturated carbocycles. The largest absolute Gasteiger partial charge is 0.394 e. The Labute approximate surface area is 139 Å². The van der Waals surface area contributed by atoms with Gasteiger partial charge in [0.2, 0.25) is 0 Å². The number of amides is 2. The number of nitriles is 1. The number of urea groups is 1. The molecule has 1 saturated heterocycles. The van der Waals surface area contributed by atoms with Crippen LogP contribution in [0, 0.1) is 11.3 Å². The van der Waals surface area contributed by atoms with Gasteiger partial charge >= 0.3 is 6.03 Å². The van der Waals surface area contributed by atoms with Crippen molar-refractivity contribution in [3.8, 4) is 6.07 Å².